The lowest BCUT2D eigenvalue weighted by molar-refractivity contribution is -0.128. The molecule has 0 spiro atoms. The Morgan fingerprint density at radius 3 is 2.59 bits per heavy atom. The highest BCUT2D eigenvalue weighted by atomic mass is 16.4. The number of anilines is 1. The average Bonchev–Trinajstić information content (AvgIpc) is 2.26. The number of carbonyl (C=O) groups excluding carboxylic acids is 1. The number of hydrogen-bond donors (Lipinski definition) is 2. The third kappa shape index (κ3) is 2.30. The number of amides is 1. The first-order valence-electron chi connectivity index (χ1n) is 5.66. The van der Waals surface area contributed by atoms with E-state index in [1.54, 1.807) is 12.1 Å². The summed E-state index contributed by atoms with van der Waals surface area (Å²) in [6, 6.07) is 6.31. The molecule has 90 valence electrons. The minimum Gasteiger partial charge on any atom is -0.478 e. The van der Waals surface area contributed by atoms with E-state index >= 15 is 0 Å². The standard InChI is InChI=1S/C13H15NO3/c1-13(6-3-7-13)12(17)14-10-5-2-4-9(8-10)11(15)16/h2,4-5,8H,3,6-7H2,1H3,(H,14,17)(H,15,16). The van der Waals surface area contributed by atoms with Crippen LogP contribution in [0.1, 0.15) is 36.5 Å². The van der Waals surface area contributed by atoms with Gasteiger partial charge < -0.3 is 10.4 Å². The van der Waals surface area contributed by atoms with Crippen LogP contribution in [0.15, 0.2) is 24.3 Å². The number of rotatable bonds is 3. The second-order valence-corrected chi connectivity index (χ2v) is 4.75. The fraction of sp³-hybridized carbons (Fsp3) is 0.385. The minimum atomic E-state index is -0.990. The summed E-state index contributed by atoms with van der Waals surface area (Å²) in [6.07, 6.45) is 2.88. The number of carbonyl (C=O) groups is 2. The fourth-order valence-electron chi connectivity index (χ4n) is 1.95. The summed E-state index contributed by atoms with van der Waals surface area (Å²) >= 11 is 0. The third-order valence-electron chi connectivity index (χ3n) is 3.37. The van der Waals surface area contributed by atoms with Crippen LogP contribution in [0.3, 0.4) is 0 Å². The molecule has 17 heavy (non-hydrogen) atoms. The van der Waals surface area contributed by atoms with Gasteiger partial charge in [-0.2, -0.15) is 0 Å². The van der Waals surface area contributed by atoms with Crippen molar-refractivity contribution in [3.8, 4) is 0 Å². The van der Waals surface area contributed by atoms with E-state index < -0.39 is 5.97 Å². The largest absolute Gasteiger partial charge is 0.478 e. The molecule has 1 aliphatic rings. The molecule has 1 aromatic carbocycles. The van der Waals surface area contributed by atoms with Crippen LogP contribution < -0.4 is 5.32 Å². The first-order valence-corrected chi connectivity index (χ1v) is 5.66. The van der Waals surface area contributed by atoms with Gasteiger partial charge in [-0.1, -0.05) is 19.4 Å². The first-order chi connectivity index (χ1) is 8.01. The molecule has 0 aliphatic heterocycles. The summed E-state index contributed by atoms with van der Waals surface area (Å²) in [6.45, 7) is 1.94. The zero-order valence-corrected chi connectivity index (χ0v) is 9.69. The van der Waals surface area contributed by atoms with Gasteiger partial charge in [-0.05, 0) is 31.0 Å². The Bertz CT molecular complexity index is 463. The minimum absolute atomic E-state index is 0.0220. The molecule has 1 amide bonds. The Labute approximate surface area is 99.6 Å². The Balaban J connectivity index is 2.10. The lowest BCUT2D eigenvalue weighted by Crippen LogP contribution is -2.39. The number of aromatic carboxylic acids is 1. The summed E-state index contributed by atoms with van der Waals surface area (Å²) in [7, 11) is 0. The van der Waals surface area contributed by atoms with Crippen molar-refractivity contribution in [1.29, 1.82) is 0 Å². The Morgan fingerprint density at radius 2 is 2.06 bits per heavy atom. The van der Waals surface area contributed by atoms with Gasteiger partial charge in [0.25, 0.3) is 0 Å². The van der Waals surface area contributed by atoms with Gasteiger partial charge in [-0.15, -0.1) is 0 Å². The topological polar surface area (TPSA) is 66.4 Å². The van der Waals surface area contributed by atoms with Crippen molar-refractivity contribution >= 4 is 17.6 Å². The molecule has 1 saturated carbocycles. The number of carboxylic acids is 1. The van der Waals surface area contributed by atoms with Crippen LogP contribution in [-0.4, -0.2) is 17.0 Å². The molecule has 1 aliphatic carbocycles. The molecule has 0 unspecified atom stereocenters. The lowest BCUT2D eigenvalue weighted by atomic mass is 9.70. The van der Waals surface area contributed by atoms with Gasteiger partial charge in [-0.3, -0.25) is 4.79 Å². The van der Waals surface area contributed by atoms with Crippen LogP contribution in [-0.2, 0) is 4.79 Å². The van der Waals surface area contributed by atoms with Crippen LogP contribution >= 0.6 is 0 Å². The van der Waals surface area contributed by atoms with Crippen LogP contribution in [0.4, 0.5) is 5.69 Å². The van der Waals surface area contributed by atoms with E-state index in [9.17, 15) is 9.59 Å². The zero-order valence-electron chi connectivity index (χ0n) is 9.69. The van der Waals surface area contributed by atoms with Gasteiger partial charge in [0.2, 0.25) is 5.91 Å². The highest BCUT2D eigenvalue weighted by Gasteiger charge is 2.39. The van der Waals surface area contributed by atoms with Crippen molar-refractivity contribution in [1.82, 2.24) is 0 Å². The van der Waals surface area contributed by atoms with Crippen LogP contribution in [0.5, 0.6) is 0 Å². The van der Waals surface area contributed by atoms with Gasteiger partial charge in [0.1, 0.15) is 0 Å². The Hall–Kier alpha value is -1.84. The summed E-state index contributed by atoms with van der Waals surface area (Å²) in [4.78, 5) is 22.7. The molecule has 0 bridgehead atoms. The highest BCUT2D eigenvalue weighted by molar-refractivity contribution is 5.97. The molecule has 4 heteroatoms. The van der Waals surface area contributed by atoms with E-state index in [2.05, 4.69) is 5.32 Å². The molecule has 1 aromatic rings. The summed E-state index contributed by atoms with van der Waals surface area (Å²) in [5.41, 5.74) is 0.448. The van der Waals surface area contributed by atoms with E-state index in [4.69, 9.17) is 5.11 Å². The molecule has 0 atom stereocenters. The van der Waals surface area contributed by atoms with Gasteiger partial charge in [0.15, 0.2) is 0 Å². The van der Waals surface area contributed by atoms with E-state index in [1.807, 2.05) is 6.92 Å². The maximum atomic E-state index is 11.9. The Morgan fingerprint density at radius 1 is 1.35 bits per heavy atom. The second-order valence-electron chi connectivity index (χ2n) is 4.75. The lowest BCUT2D eigenvalue weighted by Gasteiger charge is -2.36. The van der Waals surface area contributed by atoms with Gasteiger partial charge in [0.05, 0.1) is 5.56 Å². The maximum Gasteiger partial charge on any atom is 0.335 e. The smallest absolute Gasteiger partial charge is 0.335 e. The highest BCUT2D eigenvalue weighted by Crippen LogP contribution is 2.41. The monoisotopic (exact) mass is 233 g/mol. The quantitative estimate of drug-likeness (QED) is 0.843. The van der Waals surface area contributed by atoms with Crippen molar-refractivity contribution < 1.29 is 14.7 Å². The molecule has 2 N–H and O–H groups in total. The van der Waals surface area contributed by atoms with Crippen molar-refractivity contribution in [3.05, 3.63) is 29.8 Å². The zero-order chi connectivity index (χ0) is 12.5. The fourth-order valence-corrected chi connectivity index (χ4v) is 1.95. The van der Waals surface area contributed by atoms with E-state index in [0.717, 1.165) is 19.3 Å². The molecule has 2 rings (SSSR count). The van der Waals surface area contributed by atoms with Gasteiger partial charge >= 0.3 is 5.97 Å². The molecule has 0 heterocycles. The molecule has 0 radical (unpaired) electrons. The molecule has 0 aromatic heterocycles. The summed E-state index contributed by atoms with van der Waals surface area (Å²) < 4.78 is 0. The number of hydrogen-bond acceptors (Lipinski definition) is 2. The Kier molecular flexibility index (Phi) is 2.88. The predicted octanol–water partition coefficient (Wildman–Crippen LogP) is 2.51. The van der Waals surface area contributed by atoms with E-state index in [-0.39, 0.29) is 16.9 Å². The second kappa shape index (κ2) is 4.20. The average molecular weight is 233 g/mol. The molecular formula is C13H15NO3. The third-order valence-corrected chi connectivity index (χ3v) is 3.37. The predicted molar refractivity (Wildman–Crippen MR) is 64.0 cm³/mol. The van der Waals surface area contributed by atoms with Gasteiger partial charge in [0, 0.05) is 11.1 Å². The van der Waals surface area contributed by atoms with Gasteiger partial charge in [-0.25, -0.2) is 4.79 Å². The van der Waals surface area contributed by atoms with Crippen LogP contribution in [0, 0.1) is 5.41 Å². The van der Waals surface area contributed by atoms with Crippen molar-refractivity contribution in [2.24, 2.45) is 5.41 Å². The van der Waals surface area contributed by atoms with Crippen molar-refractivity contribution in [2.45, 2.75) is 26.2 Å². The molecular weight excluding hydrogens is 218 g/mol. The van der Waals surface area contributed by atoms with Crippen molar-refractivity contribution in [2.75, 3.05) is 5.32 Å². The number of carboxylic acid groups (broad SMARTS) is 1. The first kappa shape index (κ1) is 11.6. The van der Waals surface area contributed by atoms with E-state index in [0.29, 0.717) is 5.69 Å². The normalized spacial score (nSPS) is 17.0. The van der Waals surface area contributed by atoms with E-state index in [1.165, 1.54) is 12.1 Å². The number of nitrogens with one attached hydrogen (secondary N) is 1. The molecule has 1 fully saturated rings. The molecule has 0 saturated heterocycles. The van der Waals surface area contributed by atoms with Crippen LogP contribution in [0.2, 0.25) is 0 Å². The summed E-state index contributed by atoms with van der Waals surface area (Å²) in [5, 5.41) is 11.6. The van der Waals surface area contributed by atoms with Crippen molar-refractivity contribution in [3.63, 3.8) is 0 Å². The maximum absolute atomic E-state index is 11.9. The SMILES string of the molecule is CC1(C(=O)Nc2cccc(C(=O)O)c2)CCC1. The molecule has 4 nitrogen and oxygen atoms in total. The number of benzene rings is 1. The summed E-state index contributed by atoms with van der Waals surface area (Å²) in [5.74, 6) is -1.01. The van der Waals surface area contributed by atoms with Crippen LogP contribution in [0.25, 0.3) is 0 Å².